The van der Waals surface area contributed by atoms with E-state index in [1.165, 1.54) is 0 Å². The van der Waals surface area contributed by atoms with E-state index >= 15 is 0 Å². The van der Waals surface area contributed by atoms with Gasteiger partial charge in [0.15, 0.2) is 0 Å². The van der Waals surface area contributed by atoms with E-state index in [4.69, 9.17) is 0 Å². The number of rotatable bonds is 7. The van der Waals surface area contributed by atoms with Crippen LogP contribution < -0.4 is 10.0 Å². The summed E-state index contributed by atoms with van der Waals surface area (Å²) >= 11 is 0. The SMILES string of the molecule is CNCc1n[nH]c(C)c1S(=O)(=O)NCC(C)N(C)C. The molecule has 3 N–H and O–H groups in total. The summed E-state index contributed by atoms with van der Waals surface area (Å²) in [6.45, 7) is 4.43. The largest absolute Gasteiger partial charge is 0.314 e. The van der Waals surface area contributed by atoms with Crippen molar-refractivity contribution in [1.82, 2.24) is 25.1 Å². The van der Waals surface area contributed by atoms with E-state index in [1.807, 2.05) is 25.9 Å². The zero-order valence-electron chi connectivity index (χ0n) is 12.1. The molecule has 0 aliphatic rings. The Labute approximate surface area is 114 Å². The van der Waals surface area contributed by atoms with Gasteiger partial charge in [0, 0.05) is 19.1 Å². The third kappa shape index (κ3) is 4.00. The van der Waals surface area contributed by atoms with E-state index in [0.29, 0.717) is 24.5 Å². The molecule has 8 heteroatoms. The average molecular weight is 289 g/mol. The summed E-state index contributed by atoms with van der Waals surface area (Å²) in [5, 5.41) is 9.65. The topological polar surface area (TPSA) is 90.1 Å². The van der Waals surface area contributed by atoms with Crippen LogP contribution in [-0.4, -0.2) is 57.2 Å². The van der Waals surface area contributed by atoms with Gasteiger partial charge in [0.05, 0.1) is 11.4 Å². The molecule has 1 heterocycles. The Hall–Kier alpha value is -0.960. The molecule has 1 unspecified atom stereocenters. The van der Waals surface area contributed by atoms with Gasteiger partial charge in [-0.1, -0.05) is 0 Å². The molecule has 1 aromatic heterocycles. The molecule has 1 aromatic rings. The number of nitrogens with zero attached hydrogens (tertiary/aromatic N) is 2. The molecular weight excluding hydrogens is 266 g/mol. The smallest absolute Gasteiger partial charge is 0.244 e. The van der Waals surface area contributed by atoms with Crippen molar-refractivity contribution in [2.75, 3.05) is 27.7 Å². The van der Waals surface area contributed by atoms with Gasteiger partial charge in [0.25, 0.3) is 0 Å². The second-order valence-electron chi connectivity index (χ2n) is 4.82. The predicted molar refractivity (Wildman–Crippen MR) is 74.4 cm³/mol. The van der Waals surface area contributed by atoms with E-state index in [-0.39, 0.29) is 10.9 Å². The molecule has 0 amide bonds. The van der Waals surface area contributed by atoms with Crippen LogP contribution in [0.1, 0.15) is 18.3 Å². The van der Waals surface area contributed by atoms with Crippen molar-refractivity contribution in [2.24, 2.45) is 0 Å². The van der Waals surface area contributed by atoms with Crippen LogP contribution in [0, 0.1) is 6.92 Å². The number of hydrogen-bond donors (Lipinski definition) is 3. The molecule has 0 aliphatic carbocycles. The highest BCUT2D eigenvalue weighted by Gasteiger charge is 2.24. The fourth-order valence-electron chi connectivity index (χ4n) is 1.60. The van der Waals surface area contributed by atoms with Crippen LogP contribution in [-0.2, 0) is 16.6 Å². The molecule has 1 rings (SSSR count). The lowest BCUT2D eigenvalue weighted by molar-refractivity contribution is 0.314. The molecule has 0 fully saturated rings. The predicted octanol–water partition coefficient (Wildman–Crippen LogP) is -0.334. The first-order valence-electron chi connectivity index (χ1n) is 6.14. The van der Waals surface area contributed by atoms with Crippen molar-refractivity contribution in [3.8, 4) is 0 Å². The summed E-state index contributed by atoms with van der Waals surface area (Å²) in [6, 6.07) is 0.120. The first kappa shape index (κ1) is 16.1. The van der Waals surface area contributed by atoms with Crippen molar-refractivity contribution in [2.45, 2.75) is 31.3 Å². The van der Waals surface area contributed by atoms with Crippen LogP contribution in [0.25, 0.3) is 0 Å². The number of aromatic amines is 1. The average Bonchev–Trinajstić information content (AvgIpc) is 2.68. The van der Waals surface area contributed by atoms with E-state index in [9.17, 15) is 8.42 Å². The maximum absolute atomic E-state index is 12.3. The molecule has 0 aliphatic heterocycles. The molecular formula is C11H23N5O2S. The molecule has 7 nitrogen and oxygen atoms in total. The van der Waals surface area contributed by atoms with Gasteiger partial charge in [0.1, 0.15) is 4.90 Å². The van der Waals surface area contributed by atoms with Crippen LogP contribution in [0.2, 0.25) is 0 Å². The lowest BCUT2D eigenvalue weighted by Gasteiger charge is -2.20. The van der Waals surface area contributed by atoms with Crippen molar-refractivity contribution < 1.29 is 8.42 Å². The van der Waals surface area contributed by atoms with Crippen molar-refractivity contribution >= 4 is 10.0 Å². The molecule has 0 spiro atoms. The summed E-state index contributed by atoms with van der Waals surface area (Å²) in [7, 11) is 2.03. The number of sulfonamides is 1. The molecule has 0 bridgehead atoms. The highest BCUT2D eigenvalue weighted by Crippen LogP contribution is 2.17. The normalized spacial score (nSPS) is 14.0. The Bertz CT molecular complexity index is 509. The van der Waals surface area contributed by atoms with Gasteiger partial charge in [-0.15, -0.1) is 0 Å². The third-order valence-corrected chi connectivity index (χ3v) is 4.65. The van der Waals surface area contributed by atoms with Crippen molar-refractivity contribution in [3.05, 3.63) is 11.4 Å². The lowest BCUT2D eigenvalue weighted by atomic mass is 10.3. The van der Waals surface area contributed by atoms with E-state index in [0.717, 1.165) is 0 Å². The minimum absolute atomic E-state index is 0.120. The van der Waals surface area contributed by atoms with Crippen molar-refractivity contribution in [3.63, 3.8) is 0 Å². The Kier molecular flexibility index (Phi) is 5.48. The first-order chi connectivity index (χ1) is 8.79. The maximum Gasteiger partial charge on any atom is 0.244 e. The molecule has 19 heavy (non-hydrogen) atoms. The van der Waals surface area contributed by atoms with Gasteiger partial charge in [-0.05, 0) is 35.0 Å². The van der Waals surface area contributed by atoms with Crippen LogP contribution in [0.4, 0.5) is 0 Å². The number of nitrogens with one attached hydrogen (secondary N) is 3. The standard InChI is InChI=1S/C11H23N5O2S/c1-8(16(4)5)6-13-19(17,18)11-9(2)14-15-10(11)7-12-3/h8,12-13H,6-7H2,1-5H3,(H,14,15). The van der Waals surface area contributed by atoms with Crippen LogP contribution in [0.3, 0.4) is 0 Å². The monoisotopic (exact) mass is 289 g/mol. The first-order valence-corrected chi connectivity index (χ1v) is 7.62. The quantitative estimate of drug-likeness (QED) is 0.639. The summed E-state index contributed by atoms with van der Waals surface area (Å²) < 4.78 is 27.3. The van der Waals surface area contributed by atoms with Gasteiger partial charge in [-0.25, -0.2) is 13.1 Å². The molecule has 1 atom stereocenters. The fourth-order valence-corrected chi connectivity index (χ4v) is 3.08. The van der Waals surface area contributed by atoms with Gasteiger partial charge >= 0.3 is 0 Å². The zero-order valence-corrected chi connectivity index (χ0v) is 12.9. The molecule has 0 saturated heterocycles. The Balaban J connectivity index is 2.91. The summed E-state index contributed by atoms with van der Waals surface area (Å²) in [5.41, 5.74) is 1.06. The summed E-state index contributed by atoms with van der Waals surface area (Å²) in [6.07, 6.45) is 0. The summed E-state index contributed by atoms with van der Waals surface area (Å²) in [5.74, 6) is 0. The van der Waals surface area contributed by atoms with E-state index in [1.54, 1.807) is 14.0 Å². The Morgan fingerprint density at radius 2 is 2.05 bits per heavy atom. The molecule has 0 saturated carbocycles. The second kappa shape index (κ2) is 6.47. The third-order valence-electron chi connectivity index (χ3n) is 3.02. The summed E-state index contributed by atoms with van der Waals surface area (Å²) in [4.78, 5) is 2.20. The number of likely N-dealkylation sites (N-methyl/N-ethyl adjacent to an activating group) is 1. The van der Waals surface area contributed by atoms with Crippen LogP contribution in [0.15, 0.2) is 4.90 Å². The second-order valence-corrected chi connectivity index (χ2v) is 6.52. The highest BCUT2D eigenvalue weighted by molar-refractivity contribution is 7.89. The van der Waals surface area contributed by atoms with Crippen LogP contribution in [0.5, 0.6) is 0 Å². The molecule has 0 aromatic carbocycles. The molecule has 0 radical (unpaired) electrons. The number of H-pyrrole nitrogens is 1. The number of aryl methyl sites for hydroxylation is 1. The Morgan fingerprint density at radius 1 is 1.42 bits per heavy atom. The lowest BCUT2D eigenvalue weighted by Crippen LogP contribution is -2.38. The van der Waals surface area contributed by atoms with Crippen LogP contribution >= 0.6 is 0 Å². The zero-order chi connectivity index (χ0) is 14.6. The number of aromatic nitrogens is 2. The van der Waals surface area contributed by atoms with E-state index in [2.05, 4.69) is 20.2 Å². The maximum atomic E-state index is 12.3. The minimum Gasteiger partial charge on any atom is -0.314 e. The van der Waals surface area contributed by atoms with E-state index < -0.39 is 10.0 Å². The van der Waals surface area contributed by atoms with Gasteiger partial charge < -0.3 is 10.2 Å². The number of hydrogen-bond acceptors (Lipinski definition) is 5. The van der Waals surface area contributed by atoms with Gasteiger partial charge in [-0.3, -0.25) is 5.10 Å². The van der Waals surface area contributed by atoms with Gasteiger partial charge in [-0.2, -0.15) is 5.10 Å². The molecule has 110 valence electrons. The highest BCUT2D eigenvalue weighted by atomic mass is 32.2. The van der Waals surface area contributed by atoms with Crippen molar-refractivity contribution in [1.29, 1.82) is 0 Å². The minimum atomic E-state index is -3.54. The fraction of sp³-hybridized carbons (Fsp3) is 0.727. The Morgan fingerprint density at radius 3 is 2.58 bits per heavy atom. The van der Waals surface area contributed by atoms with Gasteiger partial charge in [0.2, 0.25) is 10.0 Å².